The van der Waals surface area contributed by atoms with Crippen molar-refractivity contribution >= 4 is 33.2 Å². The van der Waals surface area contributed by atoms with Gasteiger partial charge in [0.05, 0.1) is 4.90 Å². The number of nitrogens with zero attached hydrogens (tertiary/aromatic N) is 1. The number of rotatable bonds is 6. The predicted octanol–water partition coefficient (Wildman–Crippen LogP) is 1.92. The Balaban J connectivity index is 1.71. The fourth-order valence-electron chi connectivity index (χ4n) is 2.87. The van der Waals surface area contributed by atoms with Gasteiger partial charge in [0, 0.05) is 23.5 Å². The summed E-state index contributed by atoms with van der Waals surface area (Å²) in [5, 5.41) is 11.1. The highest BCUT2D eigenvalue weighted by Gasteiger charge is 2.34. The molecular weight excluding hydrogens is 376 g/mol. The highest BCUT2D eigenvalue weighted by atomic mass is 32.2. The van der Waals surface area contributed by atoms with Gasteiger partial charge in [-0.1, -0.05) is 6.07 Å². The van der Waals surface area contributed by atoms with Crippen LogP contribution in [-0.4, -0.2) is 42.9 Å². The molecule has 2 aromatic rings. The molecule has 0 bridgehead atoms. The van der Waals surface area contributed by atoms with Crippen LogP contribution in [-0.2, 0) is 21.4 Å². The maximum atomic E-state index is 12.5. The van der Waals surface area contributed by atoms with Gasteiger partial charge in [-0.3, -0.25) is 4.79 Å². The van der Waals surface area contributed by atoms with Gasteiger partial charge in [-0.05, 0) is 48.6 Å². The highest BCUT2D eigenvalue weighted by Crippen LogP contribution is 2.21. The van der Waals surface area contributed by atoms with E-state index in [1.165, 1.54) is 40.5 Å². The van der Waals surface area contributed by atoms with Crippen LogP contribution in [0, 0.1) is 0 Å². The molecule has 138 valence electrons. The second kappa shape index (κ2) is 7.56. The standard InChI is InChI=1S/C17H18N2O5S2/c20-16(19-9-1-4-15(19)17(21)22)12-5-7-14(8-6-12)26(23,24)18-11-13-3-2-10-25-13/h2-3,5-8,10,15,18H,1,4,9,11H2,(H,21,22)/t15-/m1/s1. The van der Waals surface area contributed by atoms with Crippen LogP contribution in [0.4, 0.5) is 0 Å². The Morgan fingerprint density at radius 3 is 2.58 bits per heavy atom. The molecule has 7 nitrogen and oxygen atoms in total. The fraction of sp³-hybridized carbons (Fsp3) is 0.294. The number of likely N-dealkylation sites (tertiary alicyclic amines) is 1. The molecule has 1 fully saturated rings. The van der Waals surface area contributed by atoms with Gasteiger partial charge in [-0.25, -0.2) is 17.9 Å². The number of aliphatic carboxylic acids is 1. The Morgan fingerprint density at radius 2 is 1.96 bits per heavy atom. The summed E-state index contributed by atoms with van der Waals surface area (Å²) in [5.74, 6) is -1.42. The van der Waals surface area contributed by atoms with Crippen molar-refractivity contribution in [3.8, 4) is 0 Å². The number of sulfonamides is 1. The van der Waals surface area contributed by atoms with Gasteiger partial charge in [0.2, 0.25) is 10.0 Å². The van der Waals surface area contributed by atoms with E-state index in [0.29, 0.717) is 19.4 Å². The van der Waals surface area contributed by atoms with Gasteiger partial charge >= 0.3 is 5.97 Å². The van der Waals surface area contributed by atoms with Gasteiger partial charge in [0.1, 0.15) is 6.04 Å². The second-order valence-electron chi connectivity index (χ2n) is 5.92. The van der Waals surface area contributed by atoms with Gasteiger partial charge in [-0.15, -0.1) is 11.3 Å². The average molecular weight is 394 g/mol. The van der Waals surface area contributed by atoms with E-state index in [2.05, 4.69) is 4.72 Å². The van der Waals surface area contributed by atoms with Crippen LogP contribution in [0.2, 0.25) is 0 Å². The van der Waals surface area contributed by atoms with Crippen molar-refractivity contribution in [1.82, 2.24) is 9.62 Å². The number of carboxylic acids is 1. The Bertz CT molecular complexity index is 892. The van der Waals surface area contributed by atoms with E-state index in [1.54, 1.807) is 0 Å². The Morgan fingerprint density at radius 1 is 1.23 bits per heavy atom. The number of thiophene rings is 1. The number of nitrogens with one attached hydrogen (secondary N) is 1. The predicted molar refractivity (Wildman–Crippen MR) is 96.5 cm³/mol. The van der Waals surface area contributed by atoms with Gasteiger partial charge in [-0.2, -0.15) is 0 Å². The van der Waals surface area contributed by atoms with E-state index in [9.17, 15) is 23.1 Å². The van der Waals surface area contributed by atoms with E-state index < -0.39 is 27.9 Å². The van der Waals surface area contributed by atoms with Crippen LogP contribution in [0.1, 0.15) is 28.1 Å². The summed E-state index contributed by atoms with van der Waals surface area (Å²) in [6.45, 7) is 0.590. The molecule has 1 aliphatic heterocycles. The normalized spacial score (nSPS) is 17.4. The zero-order valence-electron chi connectivity index (χ0n) is 13.8. The lowest BCUT2D eigenvalue weighted by molar-refractivity contribution is -0.141. The third kappa shape index (κ3) is 3.95. The number of amides is 1. The molecule has 1 atom stereocenters. The maximum absolute atomic E-state index is 12.5. The third-order valence-corrected chi connectivity index (χ3v) is 6.52. The summed E-state index contributed by atoms with van der Waals surface area (Å²) in [4.78, 5) is 26.0. The molecule has 3 rings (SSSR count). The summed E-state index contributed by atoms with van der Waals surface area (Å²) < 4.78 is 27.2. The first kappa shape index (κ1) is 18.6. The topological polar surface area (TPSA) is 104 Å². The first-order valence-electron chi connectivity index (χ1n) is 8.04. The van der Waals surface area contributed by atoms with E-state index in [4.69, 9.17) is 0 Å². The molecule has 1 amide bonds. The number of carboxylic acid groups (broad SMARTS) is 1. The molecule has 0 radical (unpaired) electrons. The van der Waals surface area contributed by atoms with Crippen LogP contribution in [0.15, 0.2) is 46.7 Å². The number of hydrogen-bond donors (Lipinski definition) is 2. The minimum Gasteiger partial charge on any atom is -0.480 e. The monoisotopic (exact) mass is 394 g/mol. The molecule has 0 spiro atoms. The fourth-order valence-corrected chi connectivity index (χ4v) is 4.61. The SMILES string of the molecule is O=C(O)[C@H]1CCCN1C(=O)c1ccc(S(=O)(=O)NCc2cccs2)cc1. The highest BCUT2D eigenvalue weighted by molar-refractivity contribution is 7.89. The summed E-state index contributed by atoms with van der Waals surface area (Å²) in [5.41, 5.74) is 0.273. The lowest BCUT2D eigenvalue weighted by Crippen LogP contribution is -2.40. The Hall–Kier alpha value is -2.23. The zero-order chi connectivity index (χ0) is 18.7. The van der Waals surface area contributed by atoms with Gasteiger partial charge < -0.3 is 10.0 Å². The zero-order valence-corrected chi connectivity index (χ0v) is 15.4. The largest absolute Gasteiger partial charge is 0.480 e. The van der Waals surface area contributed by atoms with E-state index in [0.717, 1.165) is 4.88 Å². The van der Waals surface area contributed by atoms with E-state index >= 15 is 0 Å². The average Bonchev–Trinajstić information content (AvgIpc) is 3.31. The van der Waals surface area contributed by atoms with Crippen molar-refractivity contribution in [2.24, 2.45) is 0 Å². The van der Waals surface area contributed by atoms with E-state index in [-0.39, 0.29) is 17.0 Å². The van der Waals surface area contributed by atoms with Crippen molar-refractivity contribution in [2.75, 3.05) is 6.54 Å². The molecule has 26 heavy (non-hydrogen) atoms. The van der Waals surface area contributed by atoms with E-state index in [1.807, 2.05) is 17.5 Å². The van der Waals surface area contributed by atoms with Crippen LogP contribution >= 0.6 is 11.3 Å². The van der Waals surface area contributed by atoms with Crippen LogP contribution < -0.4 is 4.72 Å². The molecular formula is C17H18N2O5S2. The maximum Gasteiger partial charge on any atom is 0.326 e. The number of benzene rings is 1. The summed E-state index contributed by atoms with van der Waals surface area (Å²) >= 11 is 1.46. The summed E-state index contributed by atoms with van der Waals surface area (Å²) in [6, 6.07) is 8.41. The Kier molecular flexibility index (Phi) is 5.40. The number of hydrogen-bond acceptors (Lipinski definition) is 5. The van der Waals surface area contributed by atoms with Crippen molar-refractivity contribution in [3.05, 3.63) is 52.2 Å². The van der Waals surface area contributed by atoms with Crippen LogP contribution in [0.3, 0.4) is 0 Å². The first-order chi connectivity index (χ1) is 12.4. The molecule has 1 aromatic carbocycles. The Labute approximate surface area is 155 Å². The van der Waals surface area contributed by atoms with Gasteiger partial charge in [0.25, 0.3) is 5.91 Å². The van der Waals surface area contributed by atoms with Crippen molar-refractivity contribution in [1.29, 1.82) is 0 Å². The molecule has 0 unspecified atom stereocenters. The summed E-state index contributed by atoms with van der Waals surface area (Å²) in [6.07, 6.45) is 1.07. The molecule has 9 heteroatoms. The molecule has 1 aliphatic rings. The van der Waals surface area contributed by atoms with Crippen molar-refractivity contribution < 1.29 is 23.1 Å². The molecule has 2 heterocycles. The molecule has 1 aromatic heterocycles. The van der Waals surface area contributed by atoms with Crippen molar-refractivity contribution in [3.63, 3.8) is 0 Å². The molecule has 0 aliphatic carbocycles. The summed E-state index contributed by atoms with van der Waals surface area (Å²) in [7, 11) is -3.68. The van der Waals surface area contributed by atoms with Crippen molar-refractivity contribution in [2.45, 2.75) is 30.3 Å². The van der Waals surface area contributed by atoms with Crippen LogP contribution in [0.25, 0.3) is 0 Å². The molecule has 0 saturated carbocycles. The quantitative estimate of drug-likeness (QED) is 0.779. The number of carbonyl (C=O) groups is 2. The van der Waals surface area contributed by atoms with Gasteiger partial charge in [0.15, 0.2) is 0 Å². The molecule has 2 N–H and O–H groups in total. The smallest absolute Gasteiger partial charge is 0.326 e. The molecule has 1 saturated heterocycles. The minimum absolute atomic E-state index is 0.0572. The first-order valence-corrected chi connectivity index (χ1v) is 10.4. The lowest BCUT2D eigenvalue weighted by atomic mass is 10.1. The van der Waals surface area contributed by atoms with Crippen LogP contribution in [0.5, 0.6) is 0 Å². The second-order valence-corrected chi connectivity index (χ2v) is 8.72. The minimum atomic E-state index is -3.68. The lowest BCUT2D eigenvalue weighted by Gasteiger charge is -2.21. The third-order valence-electron chi connectivity index (χ3n) is 4.23. The number of carbonyl (C=O) groups excluding carboxylic acids is 1.